The summed E-state index contributed by atoms with van der Waals surface area (Å²) in [7, 11) is 0. The van der Waals surface area contributed by atoms with Crippen LogP contribution in [0.1, 0.15) is 19.5 Å². The Morgan fingerprint density at radius 2 is 1.75 bits per heavy atom. The summed E-state index contributed by atoms with van der Waals surface area (Å²) >= 11 is 12.1. The summed E-state index contributed by atoms with van der Waals surface area (Å²) in [6.07, 6.45) is 0. The van der Waals surface area contributed by atoms with Crippen molar-refractivity contribution in [1.82, 2.24) is 9.78 Å². The van der Waals surface area contributed by atoms with E-state index < -0.39 is 0 Å². The number of nitrogens with zero attached hydrogens (tertiary/aromatic N) is 2. The van der Waals surface area contributed by atoms with Gasteiger partial charge in [-0.05, 0) is 42.8 Å². The van der Waals surface area contributed by atoms with Crippen LogP contribution in [0.25, 0.3) is 16.8 Å². The molecule has 1 heterocycles. The second-order valence-corrected chi connectivity index (χ2v) is 7.55. The van der Waals surface area contributed by atoms with Crippen molar-refractivity contribution in [3.8, 4) is 16.8 Å². The molecule has 7 heteroatoms. The van der Waals surface area contributed by atoms with Crippen LogP contribution in [-0.4, -0.2) is 15.7 Å². The van der Waals surface area contributed by atoms with Crippen LogP contribution in [0.2, 0.25) is 10.0 Å². The standard InChI is InChI=1S/C21H19Cl2N3O2/c1-12(2)21(28)24-20-18(14-7-9-15(22)10-8-14)19(27)13(3)25-26(20)17-6-4-5-16(23)11-17/h4-12H,1-3H3,(H,24,28). The van der Waals surface area contributed by atoms with Gasteiger partial charge in [0.05, 0.1) is 11.3 Å². The number of hydrogen-bond acceptors (Lipinski definition) is 3. The fraction of sp³-hybridized carbons (Fsp3) is 0.190. The monoisotopic (exact) mass is 415 g/mol. The average Bonchev–Trinajstić information content (AvgIpc) is 2.65. The Morgan fingerprint density at radius 1 is 1.07 bits per heavy atom. The van der Waals surface area contributed by atoms with Gasteiger partial charge >= 0.3 is 0 Å². The molecule has 144 valence electrons. The van der Waals surface area contributed by atoms with Crippen molar-refractivity contribution in [2.45, 2.75) is 20.8 Å². The molecule has 1 N–H and O–H groups in total. The first-order valence-electron chi connectivity index (χ1n) is 8.74. The van der Waals surface area contributed by atoms with Gasteiger partial charge in [0, 0.05) is 16.0 Å². The molecule has 5 nitrogen and oxygen atoms in total. The van der Waals surface area contributed by atoms with E-state index in [-0.39, 0.29) is 17.3 Å². The second kappa shape index (κ2) is 8.17. The van der Waals surface area contributed by atoms with Crippen LogP contribution in [0, 0.1) is 12.8 Å². The molecule has 0 unspecified atom stereocenters. The van der Waals surface area contributed by atoms with Crippen LogP contribution >= 0.6 is 23.2 Å². The number of aryl methyl sites for hydroxylation is 1. The molecule has 0 bridgehead atoms. The minimum Gasteiger partial charge on any atom is -0.310 e. The van der Waals surface area contributed by atoms with Crippen molar-refractivity contribution in [2.75, 3.05) is 5.32 Å². The Morgan fingerprint density at radius 3 is 2.36 bits per heavy atom. The molecular formula is C21H19Cl2N3O2. The average molecular weight is 416 g/mol. The molecule has 3 rings (SSSR count). The predicted octanol–water partition coefficient (Wildman–Crippen LogP) is 5.11. The zero-order valence-corrected chi connectivity index (χ0v) is 17.2. The van der Waals surface area contributed by atoms with Gasteiger partial charge in [0.2, 0.25) is 11.3 Å². The van der Waals surface area contributed by atoms with Gasteiger partial charge in [0.25, 0.3) is 0 Å². The zero-order chi connectivity index (χ0) is 20.4. The molecule has 0 spiro atoms. The highest BCUT2D eigenvalue weighted by molar-refractivity contribution is 6.31. The van der Waals surface area contributed by atoms with E-state index in [0.717, 1.165) is 0 Å². The topological polar surface area (TPSA) is 64.0 Å². The number of aromatic nitrogens is 2. The molecule has 0 fully saturated rings. The van der Waals surface area contributed by atoms with Crippen LogP contribution in [0.15, 0.2) is 53.3 Å². The quantitative estimate of drug-likeness (QED) is 0.643. The van der Waals surface area contributed by atoms with Crippen molar-refractivity contribution in [2.24, 2.45) is 5.92 Å². The number of carbonyl (C=O) groups excluding carboxylic acids is 1. The summed E-state index contributed by atoms with van der Waals surface area (Å²) in [6.45, 7) is 5.19. The van der Waals surface area contributed by atoms with Gasteiger partial charge < -0.3 is 5.32 Å². The van der Waals surface area contributed by atoms with Crippen molar-refractivity contribution < 1.29 is 4.79 Å². The van der Waals surface area contributed by atoms with E-state index in [4.69, 9.17) is 23.2 Å². The molecule has 0 radical (unpaired) electrons. The first kappa shape index (κ1) is 20.1. The largest absolute Gasteiger partial charge is 0.310 e. The van der Waals surface area contributed by atoms with Gasteiger partial charge in [0.1, 0.15) is 11.5 Å². The lowest BCUT2D eigenvalue weighted by Gasteiger charge is -2.19. The normalized spacial score (nSPS) is 10.9. The third-order valence-electron chi connectivity index (χ3n) is 4.21. The third-order valence-corrected chi connectivity index (χ3v) is 4.69. The Kier molecular flexibility index (Phi) is 5.87. The molecule has 28 heavy (non-hydrogen) atoms. The van der Waals surface area contributed by atoms with E-state index in [1.54, 1.807) is 69.3 Å². The molecule has 0 aliphatic heterocycles. The Bertz CT molecular complexity index is 1090. The van der Waals surface area contributed by atoms with Crippen molar-refractivity contribution in [3.63, 3.8) is 0 Å². The Balaban J connectivity index is 2.34. The summed E-state index contributed by atoms with van der Waals surface area (Å²) in [5.74, 6) is -0.211. The van der Waals surface area contributed by atoms with E-state index in [9.17, 15) is 9.59 Å². The molecule has 2 aromatic carbocycles. The summed E-state index contributed by atoms with van der Waals surface area (Å²) < 4.78 is 1.53. The number of amides is 1. The Hall–Kier alpha value is -2.63. The summed E-state index contributed by atoms with van der Waals surface area (Å²) in [4.78, 5) is 25.5. The second-order valence-electron chi connectivity index (χ2n) is 6.68. The van der Waals surface area contributed by atoms with E-state index in [1.807, 2.05) is 0 Å². The highest BCUT2D eigenvalue weighted by Gasteiger charge is 2.21. The lowest BCUT2D eigenvalue weighted by molar-refractivity contribution is -0.118. The van der Waals surface area contributed by atoms with Gasteiger partial charge in [-0.3, -0.25) is 9.59 Å². The fourth-order valence-electron chi connectivity index (χ4n) is 2.70. The van der Waals surface area contributed by atoms with Crippen LogP contribution < -0.4 is 10.7 Å². The van der Waals surface area contributed by atoms with E-state index in [0.29, 0.717) is 38.4 Å². The van der Waals surface area contributed by atoms with E-state index in [2.05, 4.69) is 10.4 Å². The minimum atomic E-state index is -0.276. The number of halogens is 2. The van der Waals surface area contributed by atoms with Crippen molar-refractivity contribution in [1.29, 1.82) is 0 Å². The number of hydrogen-bond donors (Lipinski definition) is 1. The molecule has 0 saturated carbocycles. The molecule has 1 amide bonds. The molecule has 0 atom stereocenters. The van der Waals surface area contributed by atoms with Crippen molar-refractivity contribution >= 4 is 34.9 Å². The number of rotatable bonds is 4. The van der Waals surface area contributed by atoms with Gasteiger partial charge in [-0.15, -0.1) is 0 Å². The van der Waals surface area contributed by atoms with Gasteiger partial charge in [0.15, 0.2) is 0 Å². The third kappa shape index (κ3) is 4.11. The predicted molar refractivity (Wildman–Crippen MR) is 113 cm³/mol. The van der Waals surface area contributed by atoms with Gasteiger partial charge in [-0.2, -0.15) is 5.10 Å². The summed E-state index contributed by atoms with van der Waals surface area (Å²) in [6, 6.07) is 13.9. The number of nitrogens with one attached hydrogen (secondary N) is 1. The smallest absolute Gasteiger partial charge is 0.228 e. The maximum Gasteiger partial charge on any atom is 0.228 e. The van der Waals surface area contributed by atoms with Crippen LogP contribution in [0.4, 0.5) is 5.82 Å². The minimum absolute atomic E-state index is 0.226. The van der Waals surface area contributed by atoms with Crippen LogP contribution in [0.3, 0.4) is 0 Å². The van der Waals surface area contributed by atoms with E-state index in [1.165, 1.54) is 4.68 Å². The molecule has 0 aliphatic carbocycles. The first-order valence-corrected chi connectivity index (χ1v) is 9.50. The molecule has 3 aromatic rings. The lowest BCUT2D eigenvalue weighted by atomic mass is 10.0. The van der Waals surface area contributed by atoms with Crippen LogP contribution in [-0.2, 0) is 4.79 Å². The van der Waals surface area contributed by atoms with Gasteiger partial charge in [-0.1, -0.05) is 55.2 Å². The lowest BCUT2D eigenvalue weighted by Crippen LogP contribution is -2.26. The van der Waals surface area contributed by atoms with Gasteiger partial charge in [-0.25, -0.2) is 4.68 Å². The van der Waals surface area contributed by atoms with Crippen molar-refractivity contribution in [3.05, 3.63) is 74.5 Å². The Labute approximate surface area is 172 Å². The fourth-order valence-corrected chi connectivity index (χ4v) is 3.01. The number of benzene rings is 2. The molecule has 1 aromatic heterocycles. The zero-order valence-electron chi connectivity index (χ0n) is 15.7. The van der Waals surface area contributed by atoms with E-state index >= 15 is 0 Å². The molecular weight excluding hydrogens is 397 g/mol. The SMILES string of the molecule is Cc1nn(-c2cccc(Cl)c2)c(NC(=O)C(C)C)c(-c2ccc(Cl)cc2)c1=O. The highest BCUT2D eigenvalue weighted by atomic mass is 35.5. The number of anilines is 1. The highest BCUT2D eigenvalue weighted by Crippen LogP contribution is 2.29. The molecule has 0 saturated heterocycles. The first-order chi connectivity index (χ1) is 13.3. The maximum absolute atomic E-state index is 13.0. The molecule has 0 aliphatic rings. The maximum atomic E-state index is 13.0. The van der Waals surface area contributed by atoms with Crippen LogP contribution in [0.5, 0.6) is 0 Å². The summed E-state index contributed by atoms with van der Waals surface area (Å²) in [5, 5.41) is 8.34. The number of carbonyl (C=O) groups is 1. The summed E-state index contributed by atoms with van der Waals surface area (Å²) in [5.41, 5.74) is 1.64.